The number of nitrogens with two attached hydrogens (primary N) is 1. The lowest BCUT2D eigenvalue weighted by atomic mass is 10.1. The summed E-state index contributed by atoms with van der Waals surface area (Å²) >= 11 is 0. The first-order valence-corrected chi connectivity index (χ1v) is 5.50. The molecule has 0 radical (unpaired) electrons. The quantitative estimate of drug-likeness (QED) is 0.398. The molecule has 5 heteroatoms. The van der Waals surface area contributed by atoms with Gasteiger partial charge >= 0.3 is 5.97 Å². The Morgan fingerprint density at radius 2 is 1.93 bits per heavy atom. The molecule has 0 aliphatic heterocycles. The molecule has 0 bridgehead atoms. The third-order valence-corrected chi connectivity index (χ3v) is 2.27. The highest BCUT2D eigenvalue weighted by molar-refractivity contribution is 5.72. The molecule has 1 atom stereocenters. The molecule has 0 heterocycles. The van der Waals surface area contributed by atoms with Crippen LogP contribution in [0.2, 0.25) is 0 Å². The van der Waals surface area contributed by atoms with Crippen LogP contribution in [-0.4, -0.2) is 40.5 Å². The zero-order chi connectivity index (χ0) is 11.7. The molecule has 0 aromatic heterocycles. The molecule has 0 unspecified atom stereocenters. The van der Waals surface area contributed by atoms with Crippen molar-refractivity contribution in [2.75, 3.05) is 13.1 Å². The topological polar surface area (TPSA) is 86.8 Å². The predicted octanol–water partition coefficient (Wildman–Crippen LogP) is 1.06. The minimum absolute atomic E-state index is 0.403. The summed E-state index contributed by atoms with van der Waals surface area (Å²) in [7, 11) is 0. The summed E-state index contributed by atoms with van der Waals surface area (Å²) in [4.78, 5) is 10.4. The predicted molar refractivity (Wildman–Crippen MR) is 57.7 cm³/mol. The van der Waals surface area contributed by atoms with E-state index in [0.717, 1.165) is 19.3 Å². The smallest absolute Gasteiger partial charge is 0.320 e. The van der Waals surface area contributed by atoms with Crippen molar-refractivity contribution >= 4 is 5.97 Å². The zero-order valence-corrected chi connectivity index (χ0v) is 9.35. The van der Waals surface area contributed by atoms with Gasteiger partial charge in [0, 0.05) is 13.1 Å². The Kier molecular flexibility index (Phi) is 8.27. The Balaban J connectivity index is 3.38. The molecule has 0 aromatic carbocycles. The highest BCUT2D eigenvalue weighted by atomic mass is 16.5. The van der Waals surface area contributed by atoms with Gasteiger partial charge in [-0.2, -0.15) is 5.06 Å². The summed E-state index contributed by atoms with van der Waals surface area (Å²) in [6.45, 7) is 3.24. The summed E-state index contributed by atoms with van der Waals surface area (Å²) in [5.41, 5.74) is 5.32. The SMILES string of the molecule is CCCCCN(O)CCC[C@H](N)C(=O)O. The maximum atomic E-state index is 10.4. The molecule has 5 nitrogen and oxygen atoms in total. The van der Waals surface area contributed by atoms with Crippen molar-refractivity contribution in [1.82, 2.24) is 5.06 Å². The molecule has 0 saturated carbocycles. The van der Waals surface area contributed by atoms with Gasteiger partial charge in [0.2, 0.25) is 0 Å². The summed E-state index contributed by atoms with van der Waals surface area (Å²) in [6.07, 6.45) is 4.21. The molecule has 15 heavy (non-hydrogen) atoms. The van der Waals surface area contributed by atoms with Crippen molar-refractivity contribution in [3.8, 4) is 0 Å². The van der Waals surface area contributed by atoms with Crippen LogP contribution in [0.25, 0.3) is 0 Å². The van der Waals surface area contributed by atoms with Gasteiger partial charge in [0.15, 0.2) is 0 Å². The molecule has 0 spiro atoms. The molecule has 0 aliphatic carbocycles. The maximum Gasteiger partial charge on any atom is 0.320 e. The van der Waals surface area contributed by atoms with E-state index in [0.29, 0.717) is 25.9 Å². The fourth-order valence-electron chi connectivity index (χ4n) is 1.27. The second-order valence-electron chi connectivity index (χ2n) is 3.75. The number of hydroxylamine groups is 2. The van der Waals surface area contributed by atoms with Gasteiger partial charge in [-0.15, -0.1) is 0 Å². The zero-order valence-electron chi connectivity index (χ0n) is 9.35. The van der Waals surface area contributed by atoms with Crippen LogP contribution in [0, 0.1) is 0 Å². The lowest BCUT2D eigenvalue weighted by Crippen LogP contribution is -2.31. The first-order valence-electron chi connectivity index (χ1n) is 5.50. The third kappa shape index (κ3) is 8.35. The van der Waals surface area contributed by atoms with Gasteiger partial charge in [0.05, 0.1) is 0 Å². The van der Waals surface area contributed by atoms with Crippen molar-refractivity contribution in [3.63, 3.8) is 0 Å². The van der Waals surface area contributed by atoms with Crippen LogP contribution in [0.4, 0.5) is 0 Å². The number of rotatable bonds is 9. The van der Waals surface area contributed by atoms with E-state index < -0.39 is 12.0 Å². The van der Waals surface area contributed by atoms with Crippen molar-refractivity contribution in [3.05, 3.63) is 0 Å². The van der Waals surface area contributed by atoms with E-state index in [1.54, 1.807) is 0 Å². The Morgan fingerprint density at radius 3 is 2.47 bits per heavy atom. The van der Waals surface area contributed by atoms with E-state index in [4.69, 9.17) is 10.8 Å². The van der Waals surface area contributed by atoms with E-state index in [1.165, 1.54) is 5.06 Å². The van der Waals surface area contributed by atoms with Gasteiger partial charge < -0.3 is 16.0 Å². The number of carbonyl (C=O) groups is 1. The lowest BCUT2D eigenvalue weighted by molar-refractivity contribution is -0.139. The maximum absolute atomic E-state index is 10.4. The van der Waals surface area contributed by atoms with Gasteiger partial charge in [0.25, 0.3) is 0 Å². The summed E-state index contributed by atoms with van der Waals surface area (Å²) < 4.78 is 0. The second-order valence-corrected chi connectivity index (χ2v) is 3.75. The van der Waals surface area contributed by atoms with Crippen LogP contribution >= 0.6 is 0 Å². The number of unbranched alkanes of at least 4 members (excludes halogenated alkanes) is 2. The Labute approximate surface area is 90.8 Å². The summed E-state index contributed by atoms with van der Waals surface area (Å²) in [6, 6.07) is -0.811. The standard InChI is InChI=1S/C10H22N2O3/c1-2-3-4-7-12(15)8-5-6-9(11)10(13)14/h9,15H,2-8,11H2,1H3,(H,13,14)/t9-/m0/s1. The molecule has 90 valence electrons. The molecule has 0 fully saturated rings. The molecule has 0 saturated heterocycles. The van der Waals surface area contributed by atoms with Gasteiger partial charge in [-0.1, -0.05) is 19.8 Å². The monoisotopic (exact) mass is 218 g/mol. The number of aliphatic carboxylic acids is 1. The molecule has 0 aliphatic rings. The molecular formula is C10H22N2O3. The summed E-state index contributed by atoms with van der Waals surface area (Å²) in [5, 5.41) is 19.1. The van der Waals surface area contributed by atoms with Gasteiger partial charge in [-0.25, -0.2) is 0 Å². The van der Waals surface area contributed by atoms with E-state index in [1.807, 2.05) is 0 Å². The fourth-order valence-corrected chi connectivity index (χ4v) is 1.27. The van der Waals surface area contributed by atoms with Crippen LogP contribution in [0.15, 0.2) is 0 Å². The number of nitrogens with zero attached hydrogens (tertiary/aromatic N) is 1. The van der Waals surface area contributed by atoms with Crippen LogP contribution in [-0.2, 0) is 4.79 Å². The molecule has 0 amide bonds. The van der Waals surface area contributed by atoms with Crippen molar-refractivity contribution < 1.29 is 15.1 Å². The number of carboxylic acids is 1. The van der Waals surface area contributed by atoms with Gasteiger partial charge in [-0.05, 0) is 19.3 Å². The Bertz CT molecular complexity index is 176. The first kappa shape index (κ1) is 14.3. The molecule has 0 rings (SSSR count). The Hall–Kier alpha value is -0.650. The normalized spacial score (nSPS) is 13.1. The Morgan fingerprint density at radius 1 is 1.33 bits per heavy atom. The average Bonchev–Trinajstić information content (AvgIpc) is 2.18. The van der Waals surface area contributed by atoms with Gasteiger partial charge in [0.1, 0.15) is 6.04 Å². The van der Waals surface area contributed by atoms with Crippen LogP contribution in [0.1, 0.15) is 39.0 Å². The van der Waals surface area contributed by atoms with Gasteiger partial charge in [-0.3, -0.25) is 4.79 Å². The number of carboxylic acid groups (broad SMARTS) is 1. The fraction of sp³-hybridized carbons (Fsp3) is 0.900. The van der Waals surface area contributed by atoms with Crippen LogP contribution < -0.4 is 5.73 Å². The minimum Gasteiger partial charge on any atom is -0.480 e. The summed E-state index contributed by atoms with van der Waals surface area (Å²) in [5.74, 6) is -0.981. The van der Waals surface area contributed by atoms with Crippen molar-refractivity contribution in [2.45, 2.75) is 45.1 Å². The van der Waals surface area contributed by atoms with Crippen molar-refractivity contribution in [1.29, 1.82) is 0 Å². The second kappa shape index (κ2) is 8.64. The van der Waals surface area contributed by atoms with E-state index in [9.17, 15) is 10.0 Å². The van der Waals surface area contributed by atoms with E-state index in [2.05, 4.69) is 6.92 Å². The average molecular weight is 218 g/mol. The van der Waals surface area contributed by atoms with Crippen molar-refractivity contribution in [2.24, 2.45) is 5.73 Å². The number of hydrogen-bond donors (Lipinski definition) is 3. The lowest BCUT2D eigenvalue weighted by Gasteiger charge is -2.14. The largest absolute Gasteiger partial charge is 0.480 e. The van der Waals surface area contributed by atoms with Crippen LogP contribution in [0.3, 0.4) is 0 Å². The minimum atomic E-state index is -0.981. The number of hydrogen-bond acceptors (Lipinski definition) is 4. The van der Waals surface area contributed by atoms with E-state index >= 15 is 0 Å². The molecular weight excluding hydrogens is 196 g/mol. The molecule has 0 aromatic rings. The highest BCUT2D eigenvalue weighted by Gasteiger charge is 2.11. The molecule has 4 N–H and O–H groups in total. The highest BCUT2D eigenvalue weighted by Crippen LogP contribution is 2.00. The first-order chi connectivity index (χ1) is 7.07. The third-order valence-electron chi connectivity index (χ3n) is 2.27. The van der Waals surface area contributed by atoms with E-state index in [-0.39, 0.29) is 0 Å². The van der Waals surface area contributed by atoms with Crippen LogP contribution in [0.5, 0.6) is 0 Å².